The van der Waals surface area contributed by atoms with Crippen molar-refractivity contribution in [1.82, 2.24) is 9.88 Å². The molecule has 1 fully saturated rings. The Hall–Kier alpha value is -3.16. The number of aromatic carboxylic acids is 1. The lowest BCUT2D eigenvalue weighted by Gasteiger charge is -2.23. The van der Waals surface area contributed by atoms with Crippen LogP contribution in [0, 0.1) is 0 Å². The van der Waals surface area contributed by atoms with Gasteiger partial charge in [0.1, 0.15) is 21.1 Å². The first kappa shape index (κ1) is 20.7. The molecule has 8 heteroatoms. The first-order chi connectivity index (χ1) is 15.6. The van der Waals surface area contributed by atoms with Crippen LogP contribution in [0.4, 0.5) is 5.69 Å². The van der Waals surface area contributed by atoms with E-state index in [0.29, 0.717) is 27.0 Å². The average molecular weight is 466 g/mol. The molecule has 4 heterocycles. The van der Waals surface area contributed by atoms with Crippen molar-refractivity contribution in [1.29, 1.82) is 0 Å². The summed E-state index contributed by atoms with van der Waals surface area (Å²) in [6.45, 7) is 1.86. The lowest BCUT2D eigenvalue weighted by atomic mass is 10.0. The van der Waals surface area contributed by atoms with Crippen molar-refractivity contribution in [3.05, 3.63) is 58.6 Å². The Morgan fingerprint density at radius 2 is 1.97 bits per heavy atom. The van der Waals surface area contributed by atoms with E-state index >= 15 is 0 Å². The van der Waals surface area contributed by atoms with Gasteiger partial charge in [0, 0.05) is 23.5 Å². The fourth-order valence-corrected chi connectivity index (χ4v) is 5.04. The summed E-state index contributed by atoms with van der Waals surface area (Å²) in [5.74, 6) is -0.397. The number of hydrogen-bond donors (Lipinski definition) is 1. The van der Waals surface area contributed by atoms with Gasteiger partial charge in [-0.2, -0.15) is 0 Å². The zero-order valence-electron chi connectivity index (χ0n) is 17.1. The molecule has 1 aromatic carbocycles. The summed E-state index contributed by atoms with van der Waals surface area (Å²) < 4.78 is 5.56. The number of nitrogens with zero attached hydrogens (tertiary/aromatic N) is 3. The van der Waals surface area contributed by atoms with Gasteiger partial charge in [0.05, 0.1) is 12.6 Å². The van der Waals surface area contributed by atoms with Gasteiger partial charge in [-0.05, 0) is 60.7 Å². The van der Waals surface area contributed by atoms with Crippen molar-refractivity contribution in [3.63, 3.8) is 0 Å². The fraction of sp³-hybridized carbons (Fsp3) is 0.208. The number of fused-ring (bicyclic) bond motifs is 1. The van der Waals surface area contributed by atoms with Gasteiger partial charge in [0.15, 0.2) is 5.76 Å². The first-order valence-corrected chi connectivity index (χ1v) is 11.6. The molecule has 5 rings (SSSR count). The Kier molecular flexibility index (Phi) is 5.68. The number of carboxylic acid groups (broad SMARTS) is 1. The van der Waals surface area contributed by atoms with Crippen LogP contribution in [0.3, 0.4) is 0 Å². The number of rotatable bonds is 5. The maximum atomic E-state index is 12.1. The highest BCUT2D eigenvalue weighted by Crippen LogP contribution is 2.44. The second-order valence-electron chi connectivity index (χ2n) is 7.65. The van der Waals surface area contributed by atoms with Crippen LogP contribution in [-0.4, -0.2) is 40.4 Å². The molecule has 6 nitrogen and oxygen atoms in total. The van der Waals surface area contributed by atoms with E-state index in [1.807, 2.05) is 36.4 Å². The van der Waals surface area contributed by atoms with Gasteiger partial charge < -0.3 is 14.4 Å². The zero-order valence-corrected chi connectivity index (χ0v) is 18.7. The third-order valence-corrected chi connectivity index (χ3v) is 6.81. The quantitative estimate of drug-likeness (QED) is 0.261. The second kappa shape index (κ2) is 8.76. The Morgan fingerprint density at radius 1 is 1.19 bits per heavy atom. The van der Waals surface area contributed by atoms with Gasteiger partial charge in [-0.3, -0.25) is 0 Å². The molecule has 1 aliphatic heterocycles. The van der Waals surface area contributed by atoms with Crippen molar-refractivity contribution in [2.24, 2.45) is 4.99 Å². The van der Waals surface area contributed by atoms with E-state index in [2.05, 4.69) is 9.89 Å². The Morgan fingerprint density at radius 3 is 2.66 bits per heavy atom. The molecule has 1 aliphatic rings. The predicted molar refractivity (Wildman–Crippen MR) is 128 cm³/mol. The minimum Gasteiger partial charge on any atom is -0.477 e. The molecule has 1 N–H and O–H groups in total. The van der Waals surface area contributed by atoms with E-state index in [9.17, 15) is 9.90 Å². The lowest BCUT2D eigenvalue weighted by Crippen LogP contribution is -2.28. The maximum absolute atomic E-state index is 12.1. The molecule has 4 aromatic rings. The molecule has 1 saturated heterocycles. The normalized spacial score (nSPS) is 14.5. The van der Waals surface area contributed by atoms with Crippen LogP contribution in [0.15, 0.2) is 58.1 Å². The molecule has 162 valence electrons. The molecule has 3 aromatic heterocycles. The standard InChI is InChI=1S/C24H20ClN3O3S/c25-16-8-6-15(7-9-16)17-13-18(19-5-4-12-31-19)27-23-20(17)21(22(32-23)24(29)30)26-14-28-10-2-1-3-11-28/h4-9,12-14H,1-3,10-11H2,(H,29,30). The predicted octanol–water partition coefficient (Wildman–Crippen LogP) is 6.72. The van der Waals surface area contributed by atoms with E-state index < -0.39 is 5.97 Å². The second-order valence-corrected chi connectivity index (χ2v) is 9.08. The fourth-order valence-electron chi connectivity index (χ4n) is 3.93. The SMILES string of the molecule is O=C(O)c1sc2nc(-c3ccco3)cc(-c3ccc(Cl)cc3)c2c1N=CN1CCCCC1. The summed E-state index contributed by atoms with van der Waals surface area (Å²) in [5, 5.41) is 11.3. The first-order valence-electron chi connectivity index (χ1n) is 10.4. The van der Waals surface area contributed by atoms with E-state index in [0.717, 1.165) is 53.8 Å². The van der Waals surface area contributed by atoms with Crippen molar-refractivity contribution in [2.75, 3.05) is 13.1 Å². The van der Waals surface area contributed by atoms with Crippen molar-refractivity contribution >= 4 is 51.1 Å². The number of likely N-dealkylation sites (tertiary alicyclic amines) is 1. The van der Waals surface area contributed by atoms with Crippen molar-refractivity contribution in [3.8, 4) is 22.6 Å². The van der Waals surface area contributed by atoms with Gasteiger partial charge >= 0.3 is 5.97 Å². The summed E-state index contributed by atoms with van der Waals surface area (Å²) >= 11 is 7.24. The van der Waals surface area contributed by atoms with E-state index in [1.165, 1.54) is 6.42 Å². The molecule has 0 unspecified atom stereocenters. The Labute approximate surface area is 193 Å². The summed E-state index contributed by atoms with van der Waals surface area (Å²) in [6.07, 6.45) is 6.82. The molecule has 0 saturated carbocycles. The summed E-state index contributed by atoms with van der Waals surface area (Å²) in [4.78, 5) is 24.4. The van der Waals surface area contributed by atoms with E-state index in [4.69, 9.17) is 21.0 Å². The van der Waals surface area contributed by atoms with Gasteiger partial charge in [-0.1, -0.05) is 23.7 Å². The molecule has 0 bridgehead atoms. The number of benzene rings is 1. The number of hydrogen-bond acceptors (Lipinski definition) is 5. The van der Waals surface area contributed by atoms with Gasteiger partial charge in [0.25, 0.3) is 0 Å². The van der Waals surface area contributed by atoms with Gasteiger partial charge in [-0.25, -0.2) is 14.8 Å². The minimum atomic E-state index is -1.01. The number of aliphatic imine (C=N–C) groups is 1. The van der Waals surface area contributed by atoms with Crippen LogP contribution in [0.2, 0.25) is 5.02 Å². The number of piperidine rings is 1. The van der Waals surface area contributed by atoms with Crippen LogP contribution >= 0.6 is 22.9 Å². The maximum Gasteiger partial charge on any atom is 0.348 e. The summed E-state index contributed by atoms with van der Waals surface area (Å²) in [7, 11) is 0. The number of aromatic nitrogens is 1. The molecule has 0 amide bonds. The van der Waals surface area contributed by atoms with Crippen LogP contribution in [-0.2, 0) is 0 Å². The highest BCUT2D eigenvalue weighted by molar-refractivity contribution is 7.21. The van der Waals surface area contributed by atoms with Crippen LogP contribution in [0.25, 0.3) is 32.8 Å². The number of carboxylic acids is 1. The number of pyridine rings is 1. The molecular weight excluding hydrogens is 446 g/mol. The number of carbonyl (C=O) groups is 1. The van der Waals surface area contributed by atoms with Crippen LogP contribution < -0.4 is 0 Å². The third-order valence-electron chi connectivity index (χ3n) is 5.50. The van der Waals surface area contributed by atoms with Gasteiger partial charge in [0.2, 0.25) is 0 Å². The summed E-state index contributed by atoms with van der Waals surface area (Å²) in [6, 6.07) is 13.0. The monoisotopic (exact) mass is 465 g/mol. The molecule has 0 atom stereocenters. The van der Waals surface area contributed by atoms with E-state index in [1.54, 1.807) is 18.7 Å². The Balaban J connectivity index is 1.74. The van der Waals surface area contributed by atoms with Crippen LogP contribution in [0.1, 0.15) is 28.9 Å². The lowest BCUT2D eigenvalue weighted by molar-refractivity contribution is 0.0703. The molecule has 0 spiro atoms. The number of thiophene rings is 1. The minimum absolute atomic E-state index is 0.174. The third kappa shape index (κ3) is 4.01. The molecule has 0 aliphatic carbocycles. The van der Waals surface area contributed by atoms with Crippen molar-refractivity contribution in [2.45, 2.75) is 19.3 Å². The summed E-state index contributed by atoms with van der Waals surface area (Å²) in [5.41, 5.74) is 2.81. The topological polar surface area (TPSA) is 78.9 Å². The van der Waals surface area contributed by atoms with Crippen molar-refractivity contribution < 1.29 is 14.3 Å². The average Bonchev–Trinajstić information content (AvgIpc) is 3.47. The molecule has 32 heavy (non-hydrogen) atoms. The smallest absolute Gasteiger partial charge is 0.348 e. The number of halogens is 1. The molecular formula is C24H20ClN3O3S. The molecule has 0 radical (unpaired) electrons. The Bertz CT molecular complexity index is 1290. The highest BCUT2D eigenvalue weighted by Gasteiger charge is 2.23. The van der Waals surface area contributed by atoms with Crippen LogP contribution in [0.5, 0.6) is 0 Å². The van der Waals surface area contributed by atoms with E-state index in [-0.39, 0.29) is 4.88 Å². The highest BCUT2D eigenvalue weighted by atomic mass is 35.5. The number of furan rings is 1. The largest absolute Gasteiger partial charge is 0.477 e. The van der Waals surface area contributed by atoms with Gasteiger partial charge in [-0.15, -0.1) is 11.3 Å². The zero-order chi connectivity index (χ0) is 22.1.